The molecule has 138 valence electrons. The standard InChI is InChI=1S/C10H12F9NO3/c1-2-4(6(22)23)20-3-5(21)7(11,12)8(13,14)9(15,16)10(17,18)19/h4-5,20-21H,2-3H2,1H3,(H,22,23)/t4-,5-/m0/s1. The minimum Gasteiger partial charge on any atom is -0.480 e. The lowest BCUT2D eigenvalue weighted by Gasteiger charge is -2.36. The first kappa shape index (κ1) is 21.8. The molecule has 0 aromatic heterocycles. The first-order valence-corrected chi connectivity index (χ1v) is 5.88. The number of alkyl halides is 9. The van der Waals surface area contributed by atoms with Crippen molar-refractivity contribution in [2.75, 3.05) is 6.54 Å². The van der Waals surface area contributed by atoms with E-state index in [0.717, 1.165) is 0 Å². The van der Waals surface area contributed by atoms with Gasteiger partial charge in [-0.3, -0.25) is 4.79 Å². The van der Waals surface area contributed by atoms with Gasteiger partial charge >= 0.3 is 29.9 Å². The molecular weight excluding hydrogens is 353 g/mol. The number of aliphatic hydroxyl groups is 1. The second-order valence-corrected chi connectivity index (χ2v) is 4.49. The molecule has 0 heterocycles. The number of hydrogen-bond donors (Lipinski definition) is 3. The van der Waals surface area contributed by atoms with Gasteiger partial charge in [-0.15, -0.1) is 0 Å². The Hall–Kier alpha value is -1.24. The number of carboxylic acids is 1. The molecule has 0 aliphatic carbocycles. The first-order chi connectivity index (χ1) is 10.0. The number of hydrogen-bond acceptors (Lipinski definition) is 3. The van der Waals surface area contributed by atoms with E-state index in [-0.39, 0.29) is 6.42 Å². The highest BCUT2D eigenvalue weighted by Crippen LogP contribution is 2.53. The second kappa shape index (κ2) is 6.71. The van der Waals surface area contributed by atoms with E-state index in [0.29, 0.717) is 0 Å². The van der Waals surface area contributed by atoms with Crippen LogP contribution < -0.4 is 5.32 Å². The van der Waals surface area contributed by atoms with Crippen LogP contribution in [0.4, 0.5) is 39.5 Å². The molecule has 0 spiro atoms. The van der Waals surface area contributed by atoms with Gasteiger partial charge in [-0.2, -0.15) is 39.5 Å². The molecule has 0 saturated heterocycles. The molecule has 0 aliphatic heterocycles. The van der Waals surface area contributed by atoms with Gasteiger partial charge in [0.2, 0.25) is 0 Å². The Morgan fingerprint density at radius 2 is 1.43 bits per heavy atom. The van der Waals surface area contributed by atoms with Crippen LogP contribution in [0, 0.1) is 0 Å². The minimum absolute atomic E-state index is 0.261. The van der Waals surface area contributed by atoms with Crippen molar-refractivity contribution >= 4 is 5.97 Å². The van der Waals surface area contributed by atoms with Gasteiger partial charge in [0.15, 0.2) is 0 Å². The molecule has 0 unspecified atom stereocenters. The van der Waals surface area contributed by atoms with Gasteiger partial charge in [0.05, 0.1) is 0 Å². The predicted molar refractivity (Wildman–Crippen MR) is 56.6 cm³/mol. The summed E-state index contributed by atoms with van der Waals surface area (Å²) >= 11 is 0. The fraction of sp³-hybridized carbons (Fsp3) is 0.900. The van der Waals surface area contributed by atoms with Crippen molar-refractivity contribution in [3.63, 3.8) is 0 Å². The second-order valence-electron chi connectivity index (χ2n) is 4.49. The summed E-state index contributed by atoms with van der Waals surface area (Å²) in [7, 11) is 0. The van der Waals surface area contributed by atoms with Gasteiger partial charge in [0.25, 0.3) is 0 Å². The van der Waals surface area contributed by atoms with Crippen LogP contribution in [0.1, 0.15) is 13.3 Å². The van der Waals surface area contributed by atoms with Crippen LogP contribution in [0.5, 0.6) is 0 Å². The molecule has 0 fully saturated rings. The monoisotopic (exact) mass is 365 g/mol. The molecule has 13 heteroatoms. The molecular formula is C10H12F9NO3. The quantitative estimate of drug-likeness (QED) is 0.578. The summed E-state index contributed by atoms with van der Waals surface area (Å²) in [4.78, 5) is 10.5. The number of carboxylic acid groups (broad SMARTS) is 1. The van der Waals surface area contributed by atoms with Crippen molar-refractivity contribution in [3.05, 3.63) is 0 Å². The van der Waals surface area contributed by atoms with E-state index in [1.807, 2.05) is 0 Å². The maximum absolute atomic E-state index is 13.2. The third-order valence-corrected chi connectivity index (χ3v) is 2.85. The summed E-state index contributed by atoms with van der Waals surface area (Å²) in [5, 5.41) is 19.1. The lowest BCUT2D eigenvalue weighted by atomic mass is 9.98. The Labute approximate surface area is 123 Å². The Balaban J connectivity index is 5.33. The van der Waals surface area contributed by atoms with Gasteiger partial charge in [0, 0.05) is 6.54 Å². The van der Waals surface area contributed by atoms with Crippen molar-refractivity contribution in [2.24, 2.45) is 0 Å². The van der Waals surface area contributed by atoms with Gasteiger partial charge in [-0.25, -0.2) is 0 Å². The third-order valence-electron chi connectivity index (χ3n) is 2.85. The summed E-state index contributed by atoms with van der Waals surface area (Å²) in [5.74, 6) is -21.9. The Morgan fingerprint density at radius 1 is 1.00 bits per heavy atom. The molecule has 0 rings (SSSR count). The van der Waals surface area contributed by atoms with E-state index in [1.165, 1.54) is 6.92 Å². The molecule has 0 bridgehead atoms. The molecule has 4 nitrogen and oxygen atoms in total. The molecule has 0 aromatic carbocycles. The highest BCUT2D eigenvalue weighted by molar-refractivity contribution is 5.73. The van der Waals surface area contributed by atoms with Crippen LogP contribution >= 0.6 is 0 Å². The van der Waals surface area contributed by atoms with Crippen molar-refractivity contribution in [1.82, 2.24) is 5.32 Å². The third kappa shape index (κ3) is 4.00. The van der Waals surface area contributed by atoms with Crippen LogP contribution in [0.3, 0.4) is 0 Å². The van der Waals surface area contributed by atoms with Crippen molar-refractivity contribution in [3.8, 4) is 0 Å². The molecule has 2 atom stereocenters. The molecule has 0 amide bonds. The van der Waals surface area contributed by atoms with Crippen LogP contribution in [-0.2, 0) is 4.79 Å². The average Bonchev–Trinajstić information content (AvgIpc) is 2.36. The zero-order valence-electron chi connectivity index (χ0n) is 11.3. The minimum atomic E-state index is -7.11. The smallest absolute Gasteiger partial charge is 0.460 e. The molecule has 0 radical (unpaired) electrons. The average molecular weight is 365 g/mol. The van der Waals surface area contributed by atoms with E-state index < -0.39 is 48.6 Å². The SMILES string of the molecule is CC[C@H](NC[C@H](O)C(F)(F)C(F)(F)C(F)(F)C(F)(F)F)C(=O)O. The Morgan fingerprint density at radius 3 is 1.74 bits per heavy atom. The van der Waals surface area contributed by atoms with E-state index in [1.54, 1.807) is 5.32 Å². The lowest BCUT2D eigenvalue weighted by molar-refractivity contribution is -0.405. The summed E-state index contributed by atoms with van der Waals surface area (Å²) in [5.41, 5.74) is 0. The number of nitrogens with one attached hydrogen (secondary N) is 1. The first-order valence-electron chi connectivity index (χ1n) is 5.88. The fourth-order valence-corrected chi connectivity index (χ4v) is 1.38. The maximum atomic E-state index is 13.2. The van der Waals surface area contributed by atoms with Gasteiger partial charge in [0.1, 0.15) is 12.1 Å². The molecule has 0 aromatic rings. The highest BCUT2D eigenvalue weighted by atomic mass is 19.4. The zero-order chi connectivity index (χ0) is 18.9. The topological polar surface area (TPSA) is 69.6 Å². The normalized spacial score (nSPS) is 17.0. The Kier molecular flexibility index (Phi) is 6.35. The summed E-state index contributed by atoms with van der Waals surface area (Å²) < 4.78 is 113. The van der Waals surface area contributed by atoms with Crippen molar-refractivity contribution < 1.29 is 54.5 Å². The number of aliphatic hydroxyl groups excluding tert-OH is 1. The molecule has 23 heavy (non-hydrogen) atoms. The molecule has 3 N–H and O–H groups in total. The van der Waals surface area contributed by atoms with Gasteiger partial charge < -0.3 is 15.5 Å². The summed E-state index contributed by atoms with van der Waals surface area (Å²) in [6, 6.07) is -1.60. The van der Waals surface area contributed by atoms with E-state index in [9.17, 15) is 44.3 Å². The van der Waals surface area contributed by atoms with Crippen molar-refractivity contribution in [1.29, 1.82) is 0 Å². The van der Waals surface area contributed by atoms with E-state index >= 15 is 0 Å². The van der Waals surface area contributed by atoms with Crippen LogP contribution in [0.15, 0.2) is 0 Å². The van der Waals surface area contributed by atoms with Crippen molar-refractivity contribution in [2.45, 2.75) is 49.4 Å². The molecule has 0 aliphatic rings. The van der Waals surface area contributed by atoms with Crippen LogP contribution in [0.25, 0.3) is 0 Å². The van der Waals surface area contributed by atoms with Gasteiger partial charge in [-0.05, 0) is 6.42 Å². The maximum Gasteiger partial charge on any atom is 0.460 e. The predicted octanol–water partition coefficient (Wildman–Crippen LogP) is 2.27. The summed E-state index contributed by atoms with van der Waals surface area (Å²) in [6.45, 7) is -0.427. The number of aliphatic carboxylic acids is 1. The number of halogens is 9. The van der Waals surface area contributed by atoms with Crippen LogP contribution in [-0.4, -0.2) is 58.8 Å². The van der Waals surface area contributed by atoms with Gasteiger partial charge in [-0.1, -0.05) is 6.92 Å². The largest absolute Gasteiger partial charge is 0.480 e. The number of carbonyl (C=O) groups is 1. The zero-order valence-corrected chi connectivity index (χ0v) is 11.3. The fourth-order valence-electron chi connectivity index (χ4n) is 1.38. The molecule has 0 saturated carbocycles. The van der Waals surface area contributed by atoms with E-state index in [4.69, 9.17) is 10.2 Å². The lowest BCUT2D eigenvalue weighted by Crippen LogP contribution is -2.65. The Bertz CT molecular complexity index is 424. The number of rotatable bonds is 8. The highest BCUT2D eigenvalue weighted by Gasteiger charge is 2.82. The summed E-state index contributed by atoms with van der Waals surface area (Å²) in [6.07, 6.45) is -10.9. The van der Waals surface area contributed by atoms with E-state index in [2.05, 4.69) is 0 Å². The van der Waals surface area contributed by atoms with Crippen LogP contribution in [0.2, 0.25) is 0 Å².